The third-order valence-corrected chi connectivity index (χ3v) is 14.4. The van der Waals surface area contributed by atoms with Gasteiger partial charge in [0.15, 0.2) is 0 Å². The highest BCUT2D eigenvalue weighted by Crippen LogP contribution is 2.44. The number of hydrogen-bond donors (Lipinski definition) is 2. The molecule has 12 nitrogen and oxygen atoms in total. The van der Waals surface area contributed by atoms with Crippen LogP contribution in [0.25, 0.3) is 21.1 Å². The lowest BCUT2D eigenvalue weighted by Crippen LogP contribution is -2.07. The highest BCUT2D eigenvalue weighted by Gasteiger charge is 2.31. The fourth-order valence-corrected chi connectivity index (χ4v) is 11.0. The van der Waals surface area contributed by atoms with Crippen LogP contribution in [0, 0.1) is 0 Å². The first-order chi connectivity index (χ1) is 25.5. The van der Waals surface area contributed by atoms with Crippen LogP contribution in [-0.2, 0) is 81.7 Å². The monoisotopic (exact) mass is 792 g/mol. The van der Waals surface area contributed by atoms with E-state index in [1.54, 1.807) is 12.1 Å². The zero-order chi connectivity index (χ0) is 36.7. The number of fused-ring (bicyclic) bond motifs is 6. The summed E-state index contributed by atoms with van der Waals surface area (Å²) in [6.07, 6.45) is 3.30. The van der Waals surface area contributed by atoms with Crippen molar-refractivity contribution in [3.63, 3.8) is 0 Å². The summed E-state index contributed by atoms with van der Waals surface area (Å²) in [5.74, 6) is 0. The van der Waals surface area contributed by atoms with Gasteiger partial charge in [0, 0.05) is 24.3 Å². The molecule has 0 amide bonds. The van der Waals surface area contributed by atoms with Crippen molar-refractivity contribution in [2.75, 3.05) is 13.2 Å². The molecule has 0 unspecified atom stereocenters. The maximum Gasteiger partial charge on any atom is 0.304 e. The van der Waals surface area contributed by atoms with Gasteiger partial charge in [0.1, 0.15) is 8.42 Å². The van der Waals surface area contributed by atoms with Gasteiger partial charge in [-0.2, -0.15) is 27.0 Å². The maximum absolute atomic E-state index is 12.0. The normalized spacial score (nSPS) is 13.8. The number of benzene rings is 2. The Bertz CT molecular complexity index is 2330. The van der Waals surface area contributed by atoms with Crippen LogP contribution in [0.1, 0.15) is 51.2 Å². The van der Waals surface area contributed by atoms with E-state index in [4.69, 9.17) is 19.7 Å². The molecule has 0 bridgehead atoms. The smallest absolute Gasteiger partial charge is 0.304 e. The van der Waals surface area contributed by atoms with Gasteiger partial charge >= 0.3 is 20.2 Å². The molecule has 2 aliphatic rings. The lowest BCUT2D eigenvalue weighted by molar-refractivity contribution is 0.0666. The van der Waals surface area contributed by atoms with Gasteiger partial charge in [0.05, 0.1) is 58.8 Å². The minimum absolute atomic E-state index is 0.0633. The van der Waals surface area contributed by atoms with Gasteiger partial charge in [-0.3, -0.25) is 18.5 Å². The van der Waals surface area contributed by atoms with E-state index < -0.39 is 20.2 Å². The molecule has 276 valence electrons. The molecule has 0 saturated carbocycles. The topological polar surface area (TPSA) is 163 Å². The molecular formula is C37H36N4O8S4. The van der Waals surface area contributed by atoms with E-state index in [0.29, 0.717) is 71.6 Å². The van der Waals surface area contributed by atoms with Gasteiger partial charge < -0.3 is 9.47 Å². The van der Waals surface area contributed by atoms with Crippen LogP contribution in [-0.4, -0.2) is 58.7 Å². The molecule has 0 spiro atoms. The van der Waals surface area contributed by atoms with Crippen molar-refractivity contribution in [1.82, 2.24) is 19.6 Å². The Morgan fingerprint density at radius 1 is 0.623 bits per heavy atom. The average Bonchev–Trinajstić information content (AvgIpc) is 3.91. The second kappa shape index (κ2) is 14.7. The summed E-state index contributed by atoms with van der Waals surface area (Å²) in [5, 5.41) is 9.87. The molecule has 4 heterocycles. The fraction of sp³-hybridized carbons (Fsp3) is 0.297. The first-order valence-corrected chi connectivity index (χ1v) is 21.7. The van der Waals surface area contributed by atoms with Crippen LogP contribution in [0.3, 0.4) is 0 Å². The van der Waals surface area contributed by atoms with E-state index in [0.717, 1.165) is 88.6 Å². The Morgan fingerprint density at radius 2 is 1.04 bits per heavy atom. The third kappa shape index (κ3) is 7.55. The fourth-order valence-electron chi connectivity index (χ4n) is 7.06. The van der Waals surface area contributed by atoms with Crippen LogP contribution < -0.4 is 0 Å². The number of hydrogen-bond acceptors (Lipinski definition) is 10. The van der Waals surface area contributed by atoms with E-state index in [-0.39, 0.29) is 8.42 Å². The molecule has 53 heavy (non-hydrogen) atoms. The molecule has 0 fully saturated rings. The van der Waals surface area contributed by atoms with Crippen LogP contribution in [0.5, 0.6) is 0 Å². The molecule has 8 rings (SSSR count). The Labute approximate surface area is 315 Å². The summed E-state index contributed by atoms with van der Waals surface area (Å²) < 4.78 is 83.2. The van der Waals surface area contributed by atoms with Gasteiger partial charge in [-0.15, -0.1) is 22.7 Å². The summed E-state index contributed by atoms with van der Waals surface area (Å²) >= 11 is 2.14. The van der Waals surface area contributed by atoms with Crippen molar-refractivity contribution in [3.8, 4) is 21.1 Å². The van der Waals surface area contributed by atoms with Crippen LogP contribution in [0.15, 0.2) is 81.2 Å². The van der Waals surface area contributed by atoms with E-state index in [9.17, 15) is 25.9 Å². The van der Waals surface area contributed by atoms with E-state index in [1.165, 1.54) is 0 Å². The molecule has 16 heteroatoms. The zero-order valence-electron chi connectivity index (χ0n) is 28.5. The standard InChI is InChI=1S/C37H36N4O8S4/c42-52(43,44)32-18-26-12-14-28-30(38-40(34(28)36(26)50-32)20-24-8-3-1-4-9-24)22-48-16-7-17-49-23-31-29-15-13-27-19-33(53(45,46)47)51-37(27)35(29)41(39-31)21-25-10-5-2-6-11-25/h1-6,8-11,18-19H,7,12-17,20-23H2,(H,42,43,44)(H,45,46,47). The van der Waals surface area contributed by atoms with Crippen LogP contribution >= 0.6 is 22.7 Å². The Hall–Kier alpha value is -4.00. The summed E-state index contributed by atoms with van der Waals surface area (Å²) in [6, 6.07) is 23.0. The average molecular weight is 793 g/mol. The number of aryl methyl sites for hydroxylation is 2. The van der Waals surface area contributed by atoms with Crippen molar-refractivity contribution >= 4 is 42.9 Å². The SMILES string of the molecule is O=S(=O)(O)c1cc2c(s1)-c1c(c(COCCCOCc3nn(Cc4ccccc4)c4c3CCc3cc(S(=O)(=O)O)sc3-4)nn1Cc1ccccc1)CC2. The van der Waals surface area contributed by atoms with Gasteiger partial charge in [0.25, 0.3) is 0 Å². The quantitative estimate of drug-likeness (QED) is 0.0927. The lowest BCUT2D eigenvalue weighted by Gasteiger charge is -2.15. The Morgan fingerprint density at radius 3 is 1.43 bits per heavy atom. The summed E-state index contributed by atoms with van der Waals surface area (Å²) in [6.45, 7) is 2.49. The maximum atomic E-state index is 12.0. The van der Waals surface area contributed by atoms with E-state index in [1.807, 2.05) is 70.0 Å². The second-order valence-corrected chi connectivity index (χ2v) is 18.5. The predicted molar refractivity (Wildman–Crippen MR) is 201 cm³/mol. The highest BCUT2D eigenvalue weighted by molar-refractivity contribution is 7.88. The highest BCUT2D eigenvalue weighted by atomic mass is 32.3. The molecule has 0 atom stereocenters. The summed E-state index contributed by atoms with van der Waals surface area (Å²) in [5.41, 5.74) is 9.32. The molecule has 2 aliphatic carbocycles. The molecule has 0 saturated heterocycles. The van der Waals surface area contributed by atoms with Crippen molar-refractivity contribution in [1.29, 1.82) is 0 Å². The summed E-state index contributed by atoms with van der Waals surface area (Å²) in [7, 11) is -8.64. The molecular weight excluding hydrogens is 757 g/mol. The second-order valence-electron chi connectivity index (χ2n) is 13.1. The molecule has 0 aliphatic heterocycles. The number of nitrogens with zero attached hydrogens (tertiary/aromatic N) is 4. The van der Waals surface area contributed by atoms with E-state index >= 15 is 0 Å². The minimum atomic E-state index is -4.32. The van der Waals surface area contributed by atoms with E-state index in [2.05, 4.69) is 0 Å². The predicted octanol–water partition coefficient (Wildman–Crippen LogP) is 6.45. The molecule has 2 aromatic carbocycles. The number of rotatable bonds is 14. The van der Waals surface area contributed by atoms with Crippen LogP contribution in [0.4, 0.5) is 0 Å². The van der Waals surface area contributed by atoms with Gasteiger partial charge in [-0.25, -0.2) is 0 Å². The molecule has 6 aromatic rings. The van der Waals surface area contributed by atoms with Gasteiger partial charge in [0.2, 0.25) is 0 Å². The van der Waals surface area contributed by atoms with Gasteiger partial charge in [-0.05, 0) is 66.5 Å². The molecule has 4 aromatic heterocycles. The van der Waals surface area contributed by atoms with Crippen LogP contribution in [0.2, 0.25) is 0 Å². The van der Waals surface area contributed by atoms with Crippen molar-refractivity contribution in [3.05, 3.63) is 118 Å². The first-order valence-electron chi connectivity index (χ1n) is 17.1. The minimum Gasteiger partial charge on any atom is -0.375 e. The largest absolute Gasteiger partial charge is 0.375 e. The van der Waals surface area contributed by atoms with Gasteiger partial charge in [-0.1, -0.05) is 60.7 Å². The number of aromatic nitrogens is 4. The third-order valence-electron chi connectivity index (χ3n) is 9.47. The Kier molecular flexibility index (Phi) is 9.97. The number of ether oxygens (including phenoxy) is 2. The lowest BCUT2D eigenvalue weighted by atomic mass is 9.95. The first kappa shape index (κ1) is 36.0. The number of thiophene rings is 2. The molecule has 0 radical (unpaired) electrons. The van der Waals surface area contributed by atoms with Crippen molar-refractivity contribution in [2.24, 2.45) is 0 Å². The Balaban J connectivity index is 0.934. The summed E-state index contributed by atoms with van der Waals surface area (Å²) in [4.78, 5) is 1.62. The molecule has 2 N–H and O–H groups in total. The zero-order valence-corrected chi connectivity index (χ0v) is 31.7. The van der Waals surface area contributed by atoms with Crippen molar-refractivity contribution < 1.29 is 35.4 Å². The van der Waals surface area contributed by atoms with Crippen molar-refractivity contribution in [2.45, 2.75) is 66.8 Å².